The van der Waals surface area contributed by atoms with E-state index in [2.05, 4.69) is 10.3 Å². The molecule has 1 N–H and O–H groups in total. The molecule has 0 saturated carbocycles. The number of benzene rings is 3. The Labute approximate surface area is 164 Å². The van der Waals surface area contributed by atoms with Crippen molar-refractivity contribution in [1.82, 2.24) is 0 Å². The second-order valence-electron chi connectivity index (χ2n) is 6.41. The Morgan fingerprint density at radius 3 is 2.21 bits per heavy atom. The van der Waals surface area contributed by atoms with Gasteiger partial charge in [-0.25, -0.2) is 0 Å². The van der Waals surface area contributed by atoms with Crippen molar-refractivity contribution >= 4 is 28.8 Å². The Kier molecular flexibility index (Phi) is 5.97. The third kappa shape index (κ3) is 4.71. The van der Waals surface area contributed by atoms with Gasteiger partial charge in [-0.15, -0.1) is 0 Å². The molecule has 3 aromatic rings. The van der Waals surface area contributed by atoms with Crippen molar-refractivity contribution in [3.05, 3.63) is 106 Å². The Morgan fingerprint density at radius 1 is 0.929 bits per heavy atom. The summed E-state index contributed by atoms with van der Waals surface area (Å²) in [5.41, 5.74) is 5.79. The molecule has 0 atom stereocenters. The summed E-state index contributed by atoms with van der Waals surface area (Å²) >= 11 is 0. The minimum absolute atomic E-state index is 0.0609. The molecule has 0 fully saturated rings. The normalized spacial score (nSPS) is 11.6. The maximum absolute atomic E-state index is 10.9. The summed E-state index contributed by atoms with van der Waals surface area (Å²) < 4.78 is 0. The van der Waals surface area contributed by atoms with E-state index in [1.807, 2.05) is 68.6 Å². The van der Waals surface area contributed by atoms with E-state index in [4.69, 9.17) is 0 Å². The van der Waals surface area contributed by atoms with Gasteiger partial charge in [0.2, 0.25) is 0 Å². The average Bonchev–Trinajstić information content (AvgIpc) is 2.70. The van der Waals surface area contributed by atoms with Crippen LogP contribution in [0.2, 0.25) is 0 Å². The number of nitrogens with zero attached hydrogens (tertiary/aromatic N) is 2. The Hall–Kier alpha value is -3.73. The van der Waals surface area contributed by atoms with Gasteiger partial charge in [0.05, 0.1) is 10.6 Å². The number of nitro benzene ring substituents is 1. The summed E-state index contributed by atoms with van der Waals surface area (Å²) in [7, 11) is 0. The first kappa shape index (κ1) is 19.0. The molecule has 28 heavy (non-hydrogen) atoms. The van der Waals surface area contributed by atoms with Crippen LogP contribution < -0.4 is 5.32 Å². The van der Waals surface area contributed by atoms with Gasteiger partial charge in [0, 0.05) is 35.8 Å². The Morgan fingerprint density at radius 2 is 1.57 bits per heavy atom. The quantitative estimate of drug-likeness (QED) is 0.325. The van der Waals surface area contributed by atoms with Crippen molar-refractivity contribution in [3.63, 3.8) is 0 Å². The van der Waals surface area contributed by atoms with Crippen LogP contribution in [-0.2, 0) is 0 Å². The second kappa shape index (κ2) is 8.77. The van der Waals surface area contributed by atoms with Gasteiger partial charge >= 0.3 is 0 Å². The van der Waals surface area contributed by atoms with E-state index in [-0.39, 0.29) is 5.69 Å². The van der Waals surface area contributed by atoms with Crippen molar-refractivity contribution in [1.29, 1.82) is 0 Å². The fourth-order valence-corrected chi connectivity index (χ4v) is 2.71. The lowest BCUT2D eigenvalue weighted by Gasteiger charge is -2.08. The van der Waals surface area contributed by atoms with E-state index in [0.29, 0.717) is 0 Å². The lowest BCUT2D eigenvalue weighted by atomic mass is 10.1. The zero-order chi connectivity index (χ0) is 19.9. The predicted molar refractivity (Wildman–Crippen MR) is 115 cm³/mol. The molecule has 0 amide bonds. The van der Waals surface area contributed by atoms with E-state index in [0.717, 1.165) is 33.6 Å². The highest BCUT2D eigenvalue weighted by Gasteiger charge is 2.07. The van der Waals surface area contributed by atoms with Crippen LogP contribution in [0.1, 0.15) is 16.7 Å². The maximum atomic E-state index is 10.9. The third-order valence-electron chi connectivity index (χ3n) is 4.40. The van der Waals surface area contributed by atoms with Gasteiger partial charge in [-0.05, 0) is 54.8 Å². The molecule has 0 saturated heterocycles. The largest absolute Gasteiger partial charge is 0.361 e. The molecule has 0 aromatic heterocycles. The summed E-state index contributed by atoms with van der Waals surface area (Å²) in [4.78, 5) is 15.1. The van der Waals surface area contributed by atoms with Gasteiger partial charge < -0.3 is 5.32 Å². The van der Waals surface area contributed by atoms with E-state index in [1.54, 1.807) is 18.3 Å². The molecule has 0 radical (unpaired) electrons. The van der Waals surface area contributed by atoms with E-state index < -0.39 is 4.92 Å². The molecule has 140 valence electrons. The molecule has 0 spiro atoms. The van der Waals surface area contributed by atoms with Crippen LogP contribution >= 0.6 is 0 Å². The number of hydrogen-bond donors (Lipinski definition) is 1. The molecule has 3 aromatic carbocycles. The molecule has 5 heteroatoms. The van der Waals surface area contributed by atoms with Crippen LogP contribution in [0.5, 0.6) is 0 Å². The first-order valence-corrected chi connectivity index (χ1v) is 8.91. The third-order valence-corrected chi connectivity index (χ3v) is 4.40. The molecule has 0 aliphatic heterocycles. The number of rotatable bonds is 6. The number of nitro groups is 1. The molecule has 0 aliphatic rings. The van der Waals surface area contributed by atoms with Crippen molar-refractivity contribution < 1.29 is 4.92 Å². The van der Waals surface area contributed by atoms with Crippen LogP contribution in [0.15, 0.2) is 84.0 Å². The summed E-state index contributed by atoms with van der Waals surface area (Å²) in [5.74, 6) is 0. The fourth-order valence-electron chi connectivity index (χ4n) is 2.71. The zero-order valence-corrected chi connectivity index (χ0v) is 15.8. The highest BCUT2D eigenvalue weighted by Crippen LogP contribution is 2.22. The van der Waals surface area contributed by atoms with Gasteiger partial charge in [0.25, 0.3) is 5.69 Å². The summed E-state index contributed by atoms with van der Waals surface area (Å²) in [6, 6.07) is 22.3. The zero-order valence-electron chi connectivity index (χ0n) is 15.8. The standard InChI is InChI=1S/C23H21N3O2/c1-17-7-3-5-9-22(17)24-15-20(16-25-23-10-6-4-8-18(23)2)19-11-13-21(14-12-19)26(27)28/h3-16,24H,1-2H3/b20-15+,25-16?. The number of anilines is 1. The molecular formula is C23H21N3O2. The SMILES string of the molecule is Cc1ccccc1N=C/C(=C\Nc1ccccc1C)c1ccc([N+](=O)[O-])cc1. The number of non-ortho nitro benzene ring substituents is 1. The Balaban J connectivity index is 1.95. The minimum atomic E-state index is -0.403. The van der Waals surface area contributed by atoms with Crippen molar-refractivity contribution in [3.8, 4) is 0 Å². The van der Waals surface area contributed by atoms with Crippen LogP contribution in [0.25, 0.3) is 5.57 Å². The average molecular weight is 371 g/mol. The molecule has 0 aliphatic carbocycles. The van der Waals surface area contributed by atoms with Crippen LogP contribution in [-0.4, -0.2) is 11.1 Å². The van der Waals surface area contributed by atoms with Gasteiger partial charge in [-0.3, -0.25) is 15.1 Å². The van der Waals surface area contributed by atoms with Crippen LogP contribution in [0, 0.1) is 24.0 Å². The maximum Gasteiger partial charge on any atom is 0.269 e. The van der Waals surface area contributed by atoms with E-state index in [1.165, 1.54) is 12.1 Å². The highest BCUT2D eigenvalue weighted by atomic mass is 16.6. The number of hydrogen-bond acceptors (Lipinski definition) is 4. The van der Waals surface area contributed by atoms with Crippen LogP contribution in [0.3, 0.4) is 0 Å². The van der Waals surface area contributed by atoms with Crippen LogP contribution in [0.4, 0.5) is 17.1 Å². The van der Waals surface area contributed by atoms with Gasteiger partial charge in [-0.2, -0.15) is 0 Å². The minimum Gasteiger partial charge on any atom is -0.361 e. The first-order valence-electron chi connectivity index (χ1n) is 8.91. The van der Waals surface area contributed by atoms with Crippen molar-refractivity contribution in [2.45, 2.75) is 13.8 Å². The van der Waals surface area contributed by atoms with Gasteiger partial charge in [0.15, 0.2) is 0 Å². The monoisotopic (exact) mass is 371 g/mol. The summed E-state index contributed by atoms with van der Waals surface area (Å²) in [6.45, 7) is 4.04. The lowest BCUT2D eigenvalue weighted by Crippen LogP contribution is -1.96. The Bertz CT molecular complexity index is 1040. The predicted octanol–water partition coefficient (Wildman–Crippen LogP) is 6.07. The number of para-hydroxylation sites is 2. The molecule has 3 rings (SSSR count). The van der Waals surface area contributed by atoms with E-state index in [9.17, 15) is 10.1 Å². The van der Waals surface area contributed by atoms with Crippen molar-refractivity contribution in [2.24, 2.45) is 4.99 Å². The summed E-state index contributed by atoms with van der Waals surface area (Å²) in [6.07, 6.45) is 3.64. The fraction of sp³-hybridized carbons (Fsp3) is 0.0870. The summed E-state index contributed by atoms with van der Waals surface area (Å²) in [5, 5.41) is 14.2. The van der Waals surface area contributed by atoms with Crippen molar-refractivity contribution in [2.75, 3.05) is 5.32 Å². The van der Waals surface area contributed by atoms with E-state index >= 15 is 0 Å². The molecular weight excluding hydrogens is 350 g/mol. The number of aliphatic imine (C=N–C) groups is 1. The first-order chi connectivity index (χ1) is 13.5. The topological polar surface area (TPSA) is 67.5 Å². The van der Waals surface area contributed by atoms with Gasteiger partial charge in [0.1, 0.15) is 0 Å². The lowest BCUT2D eigenvalue weighted by molar-refractivity contribution is -0.384. The second-order valence-corrected chi connectivity index (χ2v) is 6.41. The number of allylic oxidation sites excluding steroid dienone is 1. The molecule has 0 bridgehead atoms. The number of nitrogens with one attached hydrogen (secondary N) is 1. The molecule has 0 unspecified atom stereocenters. The molecule has 0 heterocycles. The highest BCUT2D eigenvalue weighted by molar-refractivity contribution is 6.11. The number of aryl methyl sites for hydroxylation is 2. The van der Waals surface area contributed by atoms with Gasteiger partial charge in [-0.1, -0.05) is 36.4 Å². The smallest absolute Gasteiger partial charge is 0.269 e. The molecule has 5 nitrogen and oxygen atoms in total.